The molecule has 0 radical (unpaired) electrons. The molecule has 0 spiro atoms. The Hall–Kier alpha value is -0.820. The van der Waals surface area contributed by atoms with Crippen molar-refractivity contribution in [2.24, 2.45) is 5.92 Å². The molecule has 0 amide bonds. The van der Waals surface area contributed by atoms with E-state index < -0.39 is 0 Å². The highest BCUT2D eigenvalue weighted by Gasteiger charge is 2.36. The summed E-state index contributed by atoms with van der Waals surface area (Å²) in [5.41, 5.74) is 1.49. The lowest BCUT2D eigenvalue weighted by atomic mass is 10.0. The molecule has 2 atom stereocenters. The molecule has 0 bridgehead atoms. The average molecular weight is 231 g/mol. The fraction of sp³-hybridized carbons (Fsp3) is 0.625. The van der Waals surface area contributed by atoms with Crippen molar-refractivity contribution in [3.8, 4) is 0 Å². The predicted molar refractivity (Wildman–Crippen MR) is 74.0 cm³/mol. The number of benzene rings is 1. The van der Waals surface area contributed by atoms with E-state index in [1.54, 1.807) is 0 Å². The molecule has 1 aliphatic rings. The molecule has 17 heavy (non-hydrogen) atoms. The Balaban J connectivity index is 2.24. The zero-order chi connectivity index (χ0) is 12.4. The highest BCUT2D eigenvalue weighted by molar-refractivity contribution is 5.21. The van der Waals surface area contributed by atoms with Crippen molar-refractivity contribution in [2.75, 3.05) is 0 Å². The molecule has 1 aromatic rings. The van der Waals surface area contributed by atoms with Crippen LogP contribution < -0.4 is 0 Å². The number of hydrogen-bond acceptors (Lipinski definition) is 1. The Kier molecular flexibility index (Phi) is 3.88. The Morgan fingerprint density at radius 3 is 2.18 bits per heavy atom. The highest BCUT2D eigenvalue weighted by Crippen LogP contribution is 2.40. The van der Waals surface area contributed by atoms with E-state index in [0.717, 1.165) is 12.0 Å². The minimum Gasteiger partial charge on any atom is -0.291 e. The number of hydrogen-bond donors (Lipinski definition) is 0. The summed E-state index contributed by atoms with van der Waals surface area (Å²) in [6.07, 6.45) is 2.65. The van der Waals surface area contributed by atoms with E-state index in [4.69, 9.17) is 0 Å². The van der Waals surface area contributed by atoms with Crippen molar-refractivity contribution in [3.05, 3.63) is 35.9 Å². The van der Waals surface area contributed by atoms with Gasteiger partial charge in [0.1, 0.15) is 0 Å². The Bertz CT molecular complexity index is 342. The van der Waals surface area contributed by atoms with Crippen LogP contribution >= 0.6 is 0 Å². The normalized spacial score (nSPS) is 26.0. The topological polar surface area (TPSA) is 3.24 Å². The van der Waals surface area contributed by atoms with Gasteiger partial charge in [-0.25, -0.2) is 0 Å². The Morgan fingerprint density at radius 2 is 1.65 bits per heavy atom. The van der Waals surface area contributed by atoms with Crippen LogP contribution in [0.5, 0.6) is 0 Å². The van der Waals surface area contributed by atoms with E-state index in [-0.39, 0.29) is 0 Å². The SMILES string of the molecule is CC(C)[C@@H]1CCC(c2ccccc2)N1C(C)C. The van der Waals surface area contributed by atoms with E-state index in [2.05, 4.69) is 62.9 Å². The van der Waals surface area contributed by atoms with Gasteiger partial charge in [-0.1, -0.05) is 44.2 Å². The molecule has 0 saturated carbocycles. The van der Waals surface area contributed by atoms with Crippen LogP contribution in [-0.4, -0.2) is 17.0 Å². The fourth-order valence-electron chi connectivity index (χ4n) is 3.29. The smallest absolute Gasteiger partial charge is 0.0354 e. The van der Waals surface area contributed by atoms with Crippen molar-refractivity contribution < 1.29 is 0 Å². The van der Waals surface area contributed by atoms with Gasteiger partial charge in [0.25, 0.3) is 0 Å². The van der Waals surface area contributed by atoms with E-state index in [1.807, 2.05) is 0 Å². The van der Waals surface area contributed by atoms with Crippen molar-refractivity contribution in [1.82, 2.24) is 4.90 Å². The highest BCUT2D eigenvalue weighted by atomic mass is 15.2. The van der Waals surface area contributed by atoms with Gasteiger partial charge in [-0.15, -0.1) is 0 Å². The molecular weight excluding hydrogens is 206 g/mol. The summed E-state index contributed by atoms with van der Waals surface area (Å²) >= 11 is 0. The molecule has 1 nitrogen and oxygen atoms in total. The van der Waals surface area contributed by atoms with Crippen molar-refractivity contribution in [2.45, 2.75) is 58.7 Å². The first-order valence-electron chi connectivity index (χ1n) is 6.93. The van der Waals surface area contributed by atoms with Crippen LogP contribution in [0.4, 0.5) is 0 Å². The van der Waals surface area contributed by atoms with Crippen LogP contribution in [-0.2, 0) is 0 Å². The quantitative estimate of drug-likeness (QED) is 0.751. The summed E-state index contributed by atoms with van der Waals surface area (Å²) in [6.45, 7) is 9.37. The van der Waals surface area contributed by atoms with Gasteiger partial charge in [-0.05, 0) is 38.2 Å². The molecule has 0 aromatic heterocycles. The van der Waals surface area contributed by atoms with E-state index >= 15 is 0 Å². The number of likely N-dealkylation sites (tertiary alicyclic amines) is 1. The van der Waals surface area contributed by atoms with Crippen LogP contribution in [0.1, 0.15) is 52.1 Å². The second-order valence-corrected chi connectivity index (χ2v) is 5.86. The maximum absolute atomic E-state index is 2.72. The maximum Gasteiger partial charge on any atom is 0.0354 e. The molecule has 1 aliphatic heterocycles. The molecule has 2 rings (SSSR count). The summed E-state index contributed by atoms with van der Waals surface area (Å²) in [6, 6.07) is 13.0. The van der Waals surface area contributed by atoms with Gasteiger partial charge in [-0.2, -0.15) is 0 Å². The first-order chi connectivity index (χ1) is 8.11. The third kappa shape index (κ3) is 2.55. The summed E-state index contributed by atoms with van der Waals surface area (Å²) in [5.74, 6) is 0.756. The number of rotatable bonds is 3. The van der Waals surface area contributed by atoms with Crippen LogP contribution in [0, 0.1) is 5.92 Å². The zero-order valence-electron chi connectivity index (χ0n) is 11.6. The molecular formula is C16H25N. The zero-order valence-corrected chi connectivity index (χ0v) is 11.6. The fourth-order valence-corrected chi connectivity index (χ4v) is 3.29. The second-order valence-electron chi connectivity index (χ2n) is 5.86. The largest absolute Gasteiger partial charge is 0.291 e. The van der Waals surface area contributed by atoms with E-state index in [9.17, 15) is 0 Å². The Labute approximate surface area is 106 Å². The van der Waals surface area contributed by atoms with Crippen LogP contribution in [0.2, 0.25) is 0 Å². The second kappa shape index (κ2) is 5.22. The minimum atomic E-state index is 0.628. The standard InChI is InChI=1S/C16H25N/c1-12(2)15-10-11-16(17(15)13(3)4)14-8-6-5-7-9-14/h5-9,12-13,15-16H,10-11H2,1-4H3/t15-,16?/m0/s1. The van der Waals surface area contributed by atoms with E-state index in [1.165, 1.54) is 18.4 Å². The van der Waals surface area contributed by atoms with Gasteiger partial charge in [0, 0.05) is 18.1 Å². The average Bonchev–Trinajstić information content (AvgIpc) is 2.74. The summed E-state index contributed by atoms with van der Waals surface area (Å²) in [7, 11) is 0. The molecule has 94 valence electrons. The third-order valence-corrected chi connectivity index (χ3v) is 4.03. The molecule has 1 saturated heterocycles. The van der Waals surface area contributed by atoms with Crippen LogP contribution in [0.3, 0.4) is 0 Å². The summed E-state index contributed by atoms with van der Waals surface area (Å²) in [4.78, 5) is 2.72. The molecule has 1 aromatic carbocycles. The lowest BCUT2D eigenvalue weighted by molar-refractivity contribution is 0.119. The molecule has 1 unspecified atom stereocenters. The van der Waals surface area contributed by atoms with Gasteiger partial charge < -0.3 is 0 Å². The predicted octanol–water partition coefficient (Wildman–Crippen LogP) is 4.26. The third-order valence-electron chi connectivity index (χ3n) is 4.03. The van der Waals surface area contributed by atoms with Crippen molar-refractivity contribution >= 4 is 0 Å². The van der Waals surface area contributed by atoms with Gasteiger partial charge in [0.05, 0.1) is 0 Å². The van der Waals surface area contributed by atoms with Crippen LogP contribution in [0.15, 0.2) is 30.3 Å². The molecule has 1 heteroatoms. The van der Waals surface area contributed by atoms with Gasteiger partial charge in [0.15, 0.2) is 0 Å². The maximum atomic E-state index is 2.72. The first kappa shape index (κ1) is 12.6. The molecule has 1 heterocycles. The van der Waals surface area contributed by atoms with Gasteiger partial charge >= 0.3 is 0 Å². The van der Waals surface area contributed by atoms with E-state index in [0.29, 0.717) is 12.1 Å². The number of nitrogens with zero attached hydrogens (tertiary/aromatic N) is 1. The molecule has 0 N–H and O–H groups in total. The van der Waals surface area contributed by atoms with Crippen molar-refractivity contribution in [3.63, 3.8) is 0 Å². The van der Waals surface area contributed by atoms with Gasteiger partial charge in [0.2, 0.25) is 0 Å². The monoisotopic (exact) mass is 231 g/mol. The van der Waals surface area contributed by atoms with Crippen molar-refractivity contribution in [1.29, 1.82) is 0 Å². The molecule has 1 fully saturated rings. The van der Waals surface area contributed by atoms with Crippen LogP contribution in [0.25, 0.3) is 0 Å². The summed E-state index contributed by atoms with van der Waals surface area (Å²) in [5, 5.41) is 0. The minimum absolute atomic E-state index is 0.628. The Morgan fingerprint density at radius 1 is 1.00 bits per heavy atom. The summed E-state index contributed by atoms with van der Waals surface area (Å²) < 4.78 is 0. The lowest BCUT2D eigenvalue weighted by Gasteiger charge is -2.36. The molecule has 0 aliphatic carbocycles. The lowest BCUT2D eigenvalue weighted by Crippen LogP contribution is -2.40. The first-order valence-corrected chi connectivity index (χ1v) is 6.93. The van der Waals surface area contributed by atoms with Gasteiger partial charge in [-0.3, -0.25) is 4.90 Å².